The molecule has 0 aliphatic heterocycles. The molecule has 0 radical (unpaired) electrons. The topological polar surface area (TPSA) is 0 Å². The minimum absolute atomic E-state index is 0. The molecular weight excluding hydrogens is 518 g/mol. The maximum Gasteiger partial charge on any atom is 2.00 e. The Morgan fingerprint density at radius 1 is 0.500 bits per heavy atom. The van der Waals surface area contributed by atoms with Crippen LogP contribution in [0.1, 0.15) is 22.3 Å². The third-order valence-corrected chi connectivity index (χ3v) is 4.50. The zero-order valence-corrected chi connectivity index (χ0v) is 22.0. The van der Waals surface area contributed by atoms with Crippen LogP contribution in [-0.2, 0) is 52.4 Å². The van der Waals surface area contributed by atoms with E-state index in [1.807, 2.05) is 0 Å². The summed E-state index contributed by atoms with van der Waals surface area (Å²) in [4.78, 5) is 0. The Balaban J connectivity index is 0. The molecule has 0 atom stereocenters. The van der Waals surface area contributed by atoms with Crippen LogP contribution < -0.4 is 24.8 Å². The average molecular weight is 540 g/mol. The number of aryl methyl sites for hydroxylation is 4. The Morgan fingerprint density at radius 3 is 1.12 bits per heavy atom. The molecule has 0 fully saturated rings. The largest absolute Gasteiger partial charge is 2.00 e. The first kappa shape index (κ1) is 28.2. The monoisotopic (exact) mass is 536 g/mol. The van der Waals surface area contributed by atoms with Gasteiger partial charge in [0.15, 0.2) is 0 Å². The number of benzene rings is 2. The summed E-state index contributed by atoms with van der Waals surface area (Å²) in [6.07, 6.45) is 0. The van der Waals surface area contributed by atoms with Gasteiger partial charge >= 0.3 is 52.4 Å². The maximum absolute atomic E-state index is 2.18. The quantitative estimate of drug-likeness (QED) is 0.283. The van der Waals surface area contributed by atoms with Crippen LogP contribution in [-0.4, -0.2) is 0 Å². The molecule has 0 heterocycles. The van der Waals surface area contributed by atoms with Gasteiger partial charge in [-0.2, -0.15) is 24.3 Å². The molecule has 0 saturated carbocycles. The van der Waals surface area contributed by atoms with Crippen molar-refractivity contribution in [2.45, 2.75) is 27.7 Å². The number of rotatable bonds is 0. The van der Waals surface area contributed by atoms with Crippen molar-refractivity contribution in [1.29, 1.82) is 0 Å². The number of fused-ring (bicyclic) bond motifs is 2. The van der Waals surface area contributed by atoms with Crippen LogP contribution in [0.5, 0.6) is 0 Å². The second kappa shape index (κ2) is 12.5. The number of hydrogen-bond acceptors (Lipinski definition) is 0. The summed E-state index contributed by atoms with van der Waals surface area (Å²) in [5.41, 5.74) is 5.48. The molecule has 0 aliphatic rings. The van der Waals surface area contributed by atoms with Crippen molar-refractivity contribution in [3.8, 4) is 0 Å². The van der Waals surface area contributed by atoms with Crippen molar-refractivity contribution in [2.75, 3.05) is 0 Å². The molecule has 26 heavy (non-hydrogen) atoms. The van der Waals surface area contributed by atoms with Crippen molar-refractivity contribution in [1.82, 2.24) is 0 Å². The summed E-state index contributed by atoms with van der Waals surface area (Å²) in [5.74, 6) is 0. The predicted molar refractivity (Wildman–Crippen MR) is 98.0 cm³/mol. The van der Waals surface area contributed by atoms with Gasteiger partial charge in [0.25, 0.3) is 0 Å². The predicted octanol–water partition coefficient (Wildman–Crippen LogP) is 0.354. The Bertz CT molecular complexity index is 786. The van der Waals surface area contributed by atoms with Crippen molar-refractivity contribution >= 4 is 21.5 Å². The Morgan fingerprint density at radius 2 is 0.808 bits per heavy atom. The molecule has 0 unspecified atom stereocenters. The number of hydrogen-bond donors (Lipinski definition) is 0. The normalized spacial score (nSPS) is 9.08. The van der Waals surface area contributed by atoms with E-state index >= 15 is 0 Å². The van der Waals surface area contributed by atoms with Gasteiger partial charge in [0.1, 0.15) is 0 Å². The van der Waals surface area contributed by atoms with Crippen LogP contribution in [0, 0.1) is 27.7 Å². The van der Waals surface area contributed by atoms with Crippen LogP contribution in [0.4, 0.5) is 0 Å². The zero-order chi connectivity index (χ0) is 15.7. The van der Waals surface area contributed by atoms with Gasteiger partial charge in [-0.1, -0.05) is 37.1 Å². The smallest absolute Gasteiger partial charge is 1.00 e. The molecule has 0 saturated heterocycles. The first-order valence-electron chi connectivity index (χ1n) is 7.81. The van der Waals surface area contributed by atoms with Gasteiger partial charge in [0.2, 0.25) is 0 Å². The molecule has 0 amide bonds. The van der Waals surface area contributed by atoms with Gasteiger partial charge in [-0.15, -0.1) is 56.9 Å². The first-order valence-corrected chi connectivity index (χ1v) is 7.81. The molecule has 0 aliphatic carbocycles. The van der Waals surface area contributed by atoms with Gasteiger partial charge in [-0.25, -0.2) is 0 Å². The van der Waals surface area contributed by atoms with E-state index in [0.717, 1.165) is 0 Å². The van der Waals surface area contributed by atoms with Gasteiger partial charge in [-0.05, 0) is 13.8 Å². The molecule has 0 N–H and O–H groups in total. The summed E-state index contributed by atoms with van der Waals surface area (Å²) in [6.45, 7) is 8.62. The first-order chi connectivity index (χ1) is 10.6. The molecule has 0 bridgehead atoms. The Hall–Kier alpha value is 0.00623. The SMILES string of the molecule is Cc1ccc(C)c2[cH-]ccc12.Cc1ccc(C)c2[cH-]ccc12.[Cl-].[Cl-].[Zr+2].[Zr+2]. The van der Waals surface area contributed by atoms with Gasteiger partial charge in [-0.3, -0.25) is 0 Å². The van der Waals surface area contributed by atoms with Crippen LogP contribution >= 0.6 is 0 Å². The van der Waals surface area contributed by atoms with Crippen LogP contribution in [0.2, 0.25) is 0 Å². The van der Waals surface area contributed by atoms with E-state index in [-0.39, 0.29) is 77.2 Å². The molecule has 4 aromatic carbocycles. The summed E-state index contributed by atoms with van der Waals surface area (Å²) in [5, 5.41) is 5.57. The Labute approximate surface area is 207 Å². The molecule has 4 aromatic rings. The van der Waals surface area contributed by atoms with Crippen LogP contribution in [0.3, 0.4) is 0 Å². The third kappa shape index (κ3) is 6.00. The van der Waals surface area contributed by atoms with E-state index in [9.17, 15) is 0 Å². The molecule has 4 rings (SSSR count). The molecule has 0 aromatic heterocycles. The fourth-order valence-electron chi connectivity index (χ4n) is 3.07. The van der Waals surface area contributed by atoms with Gasteiger partial charge in [0, 0.05) is 0 Å². The summed E-state index contributed by atoms with van der Waals surface area (Å²) in [6, 6.07) is 21.7. The van der Waals surface area contributed by atoms with E-state index in [4.69, 9.17) is 0 Å². The average Bonchev–Trinajstić information content (AvgIpc) is 3.17. The van der Waals surface area contributed by atoms with Crippen LogP contribution in [0.25, 0.3) is 21.5 Å². The van der Waals surface area contributed by atoms with E-state index < -0.39 is 0 Å². The van der Waals surface area contributed by atoms with Crippen molar-refractivity contribution in [3.05, 3.63) is 82.9 Å². The Kier molecular flexibility index (Phi) is 13.5. The van der Waals surface area contributed by atoms with E-state index in [1.54, 1.807) is 0 Å². The van der Waals surface area contributed by atoms with Crippen molar-refractivity contribution < 1.29 is 77.2 Å². The minimum atomic E-state index is 0. The van der Waals surface area contributed by atoms with E-state index in [0.29, 0.717) is 0 Å². The summed E-state index contributed by atoms with van der Waals surface area (Å²) < 4.78 is 0. The van der Waals surface area contributed by atoms with E-state index in [1.165, 1.54) is 43.8 Å². The molecular formula is C22H22Cl2Zr2. The van der Waals surface area contributed by atoms with Gasteiger partial charge in [0.05, 0.1) is 0 Å². The molecule has 4 heteroatoms. The molecule has 0 spiro atoms. The zero-order valence-electron chi connectivity index (χ0n) is 15.5. The maximum atomic E-state index is 2.18. The fraction of sp³-hybridized carbons (Fsp3) is 0.182. The molecule has 0 nitrogen and oxygen atoms in total. The second-order valence-corrected chi connectivity index (χ2v) is 6.10. The number of halogens is 2. The minimum Gasteiger partial charge on any atom is -1.00 e. The van der Waals surface area contributed by atoms with Gasteiger partial charge < -0.3 is 24.8 Å². The summed E-state index contributed by atoms with van der Waals surface area (Å²) >= 11 is 0. The van der Waals surface area contributed by atoms with Crippen molar-refractivity contribution in [2.24, 2.45) is 0 Å². The second-order valence-electron chi connectivity index (χ2n) is 6.10. The van der Waals surface area contributed by atoms with E-state index in [2.05, 4.69) is 88.4 Å². The fourth-order valence-corrected chi connectivity index (χ4v) is 3.07. The van der Waals surface area contributed by atoms with Crippen molar-refractivity contribution in [3.63, 3.8) is 0 Å². The standard InChI is InChI=1S/2C11H11.2ClH.2Zr/c2*1-8-6-7-9(2)11-5-3-4-10(8)11;;;;/h2*3-7H,1-2H3;2*1H;;/q2*-1;;;2*+2/p-2. The third-order valence-electron chi connectivity index (χ3n) is 4.50. The molecule has 132 valence electrons. The van der Waals surface area contributed by atoms with Crippen LogP contribution in [0.15, 0.2) is 60.7 Å². The summed E-state index contributed by atoms with van der Waals surface area (Å²) in [7, 11) is 0.